The highest BCUT2D eigenvalue weighted by Gasteiger charge is 2.19. The van der Waals surface area contributed by atoms with Gasteiger partial charge in [-0.05, 0) is 43.8 Å². The molecule has 2 amide bonds. The third-order valence-electron chi connectivity index (χ3n) is 3.88. The van der Waals surface area contributed by atoms with Crippen molar-refractivity contribution in [2.24, 2.45) is 11.3 Å². The zero-order valence-electron chi connectivity index (χ0n) is 14.0. The topological polar surface area (TPSA) is 61.4 Å². The molecule has 1 aliphatic heterocycles. The molecule has 2 N–H and O–H groups in total. The number of carbonyl (C=O) groups excluding carboxylic acids is 2. The molecule has 1 heterocycles. The summed E-state index contributed by atoms with van der Waals surface area (Å²) in [5, 5.41) is 5.61. The molecule has 0 atom stereocenters. The fraction of sp³-hybridized carbons (Fsp3) is 0.875. The van der Waals surface area contributed by atoms with E-state index < -0.39 is 0 Å². The summed E-state index contributed by atoms with van der Waals surface area (Å²) in [5.74, 6) is 0.422. The average molecular weight is 297 g/mol. The minimum atomic E-state index is -0.0878. The van der Waals surface area contributed by atoms with Gasteiger partial charge < -0.3 is 15.5 Å². The van der Waals surface area contributed by atoms with Gasteiger partial charge >= 0.3 is 0 Å². The maximum atomic E-state index is 11.7. The molecule has 0 unspecified atom stereocenters. The van der Waals surface area contributed by atoms with Gasteiger partial charge in [0.25, 0.3) is 0 Å². The molecule has 122 valence electrons. The molecule has 5 nitrogen and oxygen atoms in total. The lowest BCUT2D eigenvalue weighted by molar-refractivity contribution is -0.127. The Balaban J connectivity index is 2.13. The van der Waals surface area contributed by atoms with Gasteiger partial charge in [0.15, 0.2) is 0 Å². The maximum Gasteiger partial charge on any atom is 0.239 e. The summed E-state index contributed by atoms with van der Waals surface area (Å²) in [6, 6.07) is 0. The van der Waals surface area contributed by atoms with Crippen LogP contribution in [0, 0.1) is 11.3 Å². The van der Waals surface area contributed by atoms with Crippen LogP contribution in [0.4, 0.5) is 0 Å². The predicted octanol–water partition coefficient (Wildman–Crippen LogP) is 1.39. The highest BCUT2D eigenvalue weighted by Crippen LogP contribution is 2.17. The number of rotatable bonds is 6. The van der Waals surface area contributed by atoms with E-state index in [-0.39, 0.29) is 23.8 Å². The molecule has 0 radical (unpaired) electrons. The van der Waals surface area contributed by atoms with Crippen molar-refractivity contribution in [3.8, 4) is 0 Å². The second-order valence-corrected chi connectivity index (χ2v) is 7.20. The lowest BCUT2D eigenvalue weighted by Gasteiger charge is -2.31. The first-order chi connectivity index (χ1) is 9.80. The molecule has 5 heteroatoms. The first kappa shape index (κ1) is 18.0. The molecular formula is C16H31N3O2. The Kier molecular flexibility index (Phi) is 7.15. The zero-order valence-corrected chi connectivity index (χ0v) is 14.0. The molecular weight excluding hydrogens is 266 g/mol. The molecule has 0 spiro atoms. The van der Waals surface area contributed by atoms with E-state index in [1.165, 1.54) is 0 Å². The highest BCUT2D eigenvalue weighted by atomic mass is 16.2. The Morgan fingerprint density at radius 1 is 1.10 bits per heavy atom. The van der Waals surface area contributed by atoms with Crippen molar-refractivity contribution in [2.75, 3.05) is 32.7 Å². The van der Waals surface area contributed by atoms with E-state index in [1.807, 2.05) is 20.8 Å². The van der Waals surface area contributed by atoms with Crippen LogP contribution in [-0.4, -0.2) is 49.4 Å². The zero-order chi connectivity index (χ0) is 15.9. The van der Waals surface area contributed by atoms with Crippen LogP contribution in [0.15, 0.2) is 0 Å². The maximum absolute atomic E-state index is 11.7. The fourth-order valence-corrected chi connectivity index (χ4v) is 2.55. The molecule has 1 aliphatic rings. The van der Waals surface area contributed by atoms with Gasteiger partial charge in [0.2, 0.25) is 11.8 Å². The van der Waals surface area contributed by atoms with Crippen LogP contribution in [0.1, 0.15) is 47.0 Å². The molecule has 0 saturated carbocycles. The van der Waals surface area contributed by atoms with Crippen molar-refractivity contribution in [1.29, 1.82) is 0 Å². The van der Waals surface area contributed by atoms with Crippen molar-refractivity contribution < 1.29 is 9.59 Å². The van der Waals surface area contributed by atoms with Gasteiger partial charge in [-0.3, -0.25) is 9.59 Å². The van der Waals surface area contributed by atoms with Crippen LogP contribution >= 0.6 is 0 Å². The normalized spacial score (nSPS) is 17.5. The van der Waals surface area contributed by atoms with E-state index in [9.17, 15) is 9.59 Å². The number of carbonyl (C=O) groups is 2. The fourth-order valence-electron chi connectivity index (χ4n) is 2.55. The first-order valence-electron chi connectivity index (χ1n) is 8.06. The van der Waals surface area contributed by atoms with Crippen LogP contribution in [0.5, 0.6) is 0 Å². The number of nitrogens with one attached hydrogen (secondary N) is 2. The van der Waals surface area contributed by atoms with E-state index in [4.69, 9.17) is 0 Å². The monoisotopic (exact) mass is 297 g/mol. The summed E-state index contributed by atoms with van der Waals surface area (Å²) in [4.78, 5) is 25.8. The lowest BCUT2D eigenvalue weighted by atomic mass is 9.92. The van der Waals surface area contributed by atoms with Crippen molar-refractivity contribution in [3.63, 3.8) is 0 Å². The minimum Gasteiger partial charge on any atom is -0.354 e. The quantitative estimate of drug-likeness (QED) is 0.779. The van der Waals surface area contributed by atoms with Crippen molar-refractivity contribution in [2.45, 2.75) is 47.0 Å². The van der Waals surface area contributed by atoms with Crippen molar-refractivity contribution in [1.82, 2.24) is 15.5 Å². The Hall–Kier alpha value is -1.10. The van der Waals surface area contributed by atoms with Gasteiger partial charge in [0.1, 0.15) is 0 Å². The third kappa shape index (κ3) is 8.05. The molecule has 1 fully saturated rings. The van der Waals surface area contributed by atoms with Crippen LogP contribution in [0.3, 0.4) is 0 Å². The van der Waals surface area contributed by atoms with Crippen LogP contribution in [0.2, 0.25) is 0 Å². The second kappa shape index (κ2) is 8.37. The smallest absolute Gasteiger partial charge is 0.239 e. The number of piperidine rings is 1. The van der Waals surface area contributed by atoms with Gasteiger partial charge in [-0.2, -0.15) is 0 Å². The Labute approximate surface area is 128 Å². The van der Waals surface area contributed by atoms with Crippen LogP contribution < -0.4 is 10.6 Å². The van der Waals surface area contributed by atoms with E-state index in [2.05, 4.69) is 22.5 Å². The van der Waals surface area contributed by atoms with E-state index in [0.717, 1.165) is 39.0 Å². The largest absolute Gasteiger partial charge is 0.354 e. The second-order valence-electron chi connectivity index (χ2n) is 7.20. The number of hydrogen-bond acceptors (Lipinski definition) is 3. The SMILES string of the molecule is CCN1CCC(CNC(=O)CNC(=O)CC(C)(C)C)CC1. The number of likely N-dealkylation sites (tertiary alicyclic amines) is 1. The summed E-state index contributed by atoms with van der Waals surface area (Å²) in [6.07, 6.45) is 2.73. The standard InChI is InChI=1S/C16H31N3O2/c1-5-19-8-6-13(7-9-19)11-17-15(21)12-18-14(20)10-16(2,3)4/h13H,5-12H2,1-4H3,(H,17,21)(H,18,20). The van der Waals surface area contributed by atoms with E-state index >= 15 is 0 Å². The third-order valence-corrected chi connectivity index (χ3v) is 3.88. The molecule has 0 aromatic carbocycles. The molecule has 0 aromatic rings. The van der Waals surface area contributed by atoms with Gasteiger partial charge in [-0.1, -0.05) is 27.7 Å². The number of amides is 2. The predicted molar refractivity (Wildman–Crippen MR) is 84.9 cm³/mol. The summed E-state index contributed by atoms with van der Waals surface area (Å²) in [7, 11) is 0. The molecule has 21 heavy (non-hydrogen) atoms. The minimum absolute atomic E-state index is 0.0478. The highest BCUT2D eigenvalue weighted by molar-refractivity contribution is 5.84. The van der Waals surface area contributed by atoms with E-state index in [1.54, 1.807) is 0 Å². The van der Waals surface area contributed by atoms with Crippen LogP contribution in [-0.2, 0) is 9.59 Å². The van der Waals surface area contributed by atoms with Crippen LogP contribution in [0.25, 0.3) is 0 Å². The van der Waals surface area contributed by atoms with Gasteiger partial charge in [-0.25, -0.2) is 0 Å². The van der Waals surface area contributed by atoms with Crippen molar-refractivity contribution >= 4 is 11.8 Å². The van der Waals surface area contributed by atoms with E-state index in [0.29, 0.717) is 12.3 Å². The number of nitrogens with zero attached hydrogens (tertiary/aromatic N) is 1. The summed E-state index contributed by atoms with van der Waals surface area (Å²) in [5.41, 5.74) is -0.0478. The Morgan fingerprint density at radius 3 is 2.24 bits per heavy atom. The van der Waals surface area contributed by atoms with Gasteiger partial charge in [0, 0.05) is 13.0 Å². The molecule has 0 aliphatic carbocycles. The Morgan fingerprint density at radius 2 is 1.71 bits per heavy atom. The number of hydrogen-bond donors (Lipinski definition) is 2. The molecule has 1 saturated heterocycles. The average Bonchev–Trinajstić information content (AvgIpc) is 2.41. The molecule has 0 bridgehead atoms. The van der Waals surface area contributed by atoms with Gasteiger partial charge in [0.05, 0.1) is 6.54 Å². The summed E-state index contributed by atoms with van der Waals surface area (Å²) < 4.78 is 0. The molecule has 1 rings (SSSR count). The van der Waals surface area contributed by atoms with Gasteiger partial charge in [-0.15, -0.1) is 0 Å². The summed E-state index contributed by atoms with van der Waals surface area (Å²) in [6.45, 7) is 12.4. The molecule has 0 aromatic heterocycles. The Bertz CT molecular complexity index is 342. The summed E-state index contributed by atoms with van der Waals surface area (Å²) >= 11 is 0. The lowest BCUT2D eigenvalue weighted by Crippen LogP contribution is -2.42. The van der Waals surface area contributed by atoms with Crippen molar-refractivity contribution in [3.05, 3.63) is 0 Å². The first-order valence-corrected chi connectivity index (χ1v) is 8.06.